The molecule has 0 aliphatic heterocycles. The van der Waals surface area contributed by atoms with Gasteiger partial charge in [0.15, 0.2) is 23.2 Å². The molecule has 0 fully saturated rings. The quantitative estimate of drug-likeness (QED) is 0.448. The molecule has 8 nitrogen and oxygen atoms in total. The molecule has 144 valence electrons. The minimum absolute atomic E-state index is 0.0982. The van der Waals surface area contributed by atoms with Crippen LogP contribution in [0, 0.1) is 27.6 Å². The maximum atomic E-state index is 13.6. The molecular weight excluding hydrogens is 371 g/mol. The Labute approximate surface area is 150 Å². The molecule has 0 atom stereocenters. The van der Waals surface area contributed by atoms with E-state index in [1.807, 2.05) is 5.32 Å². The van der Waals surface area contributed by atoms with Crippen LogP contribution in [0.3, 0.4) is 0 Å². The molecule has 2 rings (SSSR count). The van der Waals surface area contributed by atoms with E-state index in [9.17, 15) is 32.9 Å². The van der Waals surface area contributed by atoms with Crippen molar-refractivity contribution in [2.75, 3.05) is 18.4 Å². The smallest absolute Gasteiger partial charge is 0.395 e. The molecule has 1 aromatic carbocycles. The second kappa shape index (κ2) is 8.34. The summed E-state index contributed by atoms with van der Waals surface area (Å²) in [6.45, 7) is 1.26. The third-order valence-electron chi connectivity index (χ3n) is 3.41. The highest BCUT2D eigenvalue weighted by Gasteiger charge is 2.24. The van der Waals surface area contributed by atoms with E-state index in [0.717, 1.165) is 23.1 Å². The number of carbonyl (C=O) groups excluding carboxylic acids is 2. The molecule has 2 amide bonds. The second-order valence-electron chi connectivity index (χ2n) is 5.39. The highest BCUT2D eigenvalue weighted by molar-refractivity contribution is 5.98. The summed E-state index contributed by atoms with van der Waals surface area (Å²) in [4.78, 5) is 35.3. The van der Waals surface area contributed by atoms with Crippen LogP contribution < -0.4 is 5.32 Å². The molecule has 0 saturated carbocycles. The SMILES string of the molecule is CCCN(CC(=O)Nc1ccc(F)c(F)c1F)C(=O)c1ccc([N+](=O)[O-])o1. The average molecular weight is 385 g/mol. The van der Waals surface area contributed by atoms with Gasteiger partial charge in [0.25, 0.3) is 5.91 Å². The van der Waals surface area contributed by atoms with Crippen molar-refractivity contribution in [3.05, 3.63) is 57.6 Å². The van der Waals surface area contributed by atoms with Gasteiger partial charge >= 0.3 is 5.88 Å². The standard InChI is InChI=1S/C16H14F3N3O5/c1-2-7-21(16(24)11-5-6-13(27-11)22(25)26)8-12(23)20-10-4-3-9(17)14(18)15(10)19/h3-6H,2,7-8H2,1H3,(H,20,23). The first-order valence-electron chi connectivity index (χ1n) is 7.71. The maximum absolute atomic E-state index is 13.6. The Balaban J connectivity index is 2.12. The van der Waals surface area contributed by atoms with Crippen LogP contribution in [-0.2, 0) is 4.79 Å². The van der Waals surface area contributed by atoms with E-state index < -0.39 is 52.3 Å². The van der Waals surface area contributed by atoms with Gasteiger partial charge in [0.2, 0.25) is 5.91 Å². The molecule has 1 N–H and O–H groups in total. The van der Waals surface area contributed by atoms with Gasteiger partial charge in [-0.1, -0.05) is 6.92 Å². The molecule has 0 unspecified atom stereocenters. The Morgan fingerprint density at radius 1 is 1.19 bits per heavy atom. The van der Waals surface area contributed by atoms with Crippen molar-refractivity contribution in [2.45, 2.75) is 13.3 Å². The second-order valence-corrected chi connectivity index (χ2v) is 5.39. The Morgan fingerprint density at radius 2 is 1.89 bits per heavy atom. The lowest BCUT2D eigenvalue weighted by atomic mass is 10.2. The van der Waals surface area contributed by atoms with Crippen LogP contribution in [-0.4, -0.2) is 34.7 Å². The molecule has 1 heterocycles. The van der Waals surface area contributed by atoms with E-state index in [-0.39, 0.29) is 12.3 Å². The number of anilines is 1. The van der Waals surface area contributed by atoms with Crippen LogP contribution in [0.5, 0.6) is 0 Å². The van der Waals surface area contributed by atoms with Crippen molar-refractivity contribution in [1.82, 2.24) is 4.90 Å². The van der Waals surface area contributed by atoms with Gasteiger partial charge < -0.3 is 14.6 Å². The van der Waals surface area contributed by atoms with E-state index in [4.69, 9.17) is 4.42 Å². The van der Waals surface area contributed by atoms with E-state index in [0.29, 0.717) is 12.5 Å². The first-order chi connectivity index (χ1) is 12.7. The number of rotatable bonds is 7. The number of hydrogen-bond acceptors (Lipinski definition) is 5. The number of benzene rings is 1. The minimum atomic E-state index is -1.74. The third kappa shape index (κ3) is 4.63. The number of nitrogens with one attached hydrogen (secondary N) is 1. The molecule has 0 radical (unpaired) electrons. The minimum Gasteiger partial charge on any atom is -0.395 e. The van der Waals surface area contributed by atoms with Crippen LogP contribution in [0.4, 0.5) is 24.7 Å². The summed E-state index contributed by atoms with van der Waals surface area (Å²) in [7, 11) is 0. The molecule has 0 bridgehead atoms. The van der Waals surface area contributed by atoms with Gasteiger partial charge in [-0.3, -0.25) is 19.7 Å². The molecule has 0 aliphatic rings. The zero-order chi connectivity index (χ0) is 20.1. The summed E-state index contributed by atoms with van der Waals surface area (Å²) in [6, 6.07) is 3.57. The third-order valence-corrected chi connectivity index (χ3v) is 3.41. The van der Waals surface area contributed by atoms with Crippen LogP contribution in [0.2, 0.25) is 0 Å². The van der Waals surface area contributed by atoms with Crippen LogP contribution in [0.15, 0.2) is 28.7 Å². The zero-order valence-electron chi connectivity index (χ0n) is 14.0. The van der Waals surface area contributed by atoms with Gasteiger partial charge in [0, 0.05) is 6.54 Å². The summed E-state index contributed by atoms with van der Waals surface area (Å²) >= 11 is 0. The van der Waals surface area contributed by atoms with Crippen molar-refractivity contribution in [1.29, 1.82) is 0 Å². The highest BCUT2D eigenvalue weighted by atomic mass is 19.2. The lowest BCUT2D eigenvalue weighted by molar-refractivity contribution is -0.402. The predicted octanol–water partition coefficient (Wildman–Crippen LogP) is 3.10. The van der Waals surface area contributed by atoms with E-state index in [2.05, 4.69) is 0 Å². The van der Waals surface area contributed by atoms with Crippen LogP contribution in [0.25, 0.3) is 0 Å². The number of amides is 2. The predicted molar refractivity (Wildman–Crippen MR) is 86.5 cm³/mol. The lowest BCUT2D eigenvalue weighted by Crippen LogP contribution is -2.38. The van der Waals surface area contributed by atoms with Crippen molar-refractivity contribution < 1.29 is 32.1 Å². The maximum Gasteiger partial charge on any atom is 0.433 e. The Kier molecular flexibility index (Phi) is 6.16. The summed E-state index contributed by atoms with van der Waals surface area (Å²) < 4.78 is 44.6. The van der Waals surface area contributed by atoms with E-state index in [1.165, 1.54) is 0 Å². The number of nitro groups is 1. The Morgan fingerprint density at radius 3 is 2.48 bits per heavy atom. The van der Waals surface area contributed by atoms with Gasteiger partial charge in [-0.15, -0.1) is 0 Å². The largest absolute Gasteiger partial charge is 0.433 e. The first kappa shape index (κ1) is 19.9. The van der Waals surface area contributed by atoms with Gasteiger partial charge in [-0.2, -0.15) is 0 Å². The fraction of sp³-hybridized carbons (Fsp3) is 0.250. The molecule has 1 aromatic heterocycles. The average Bonchev–Trinajstić information content (AvgIpc) is 3.12. The molecule has 0 saturated heterocycles. The number of halogens is 3. The fourth-order valence-electron chi connectivity index (χ4n) is 2.20. The van der Waals surface area contributed by atoms with Crippen molar-refractivity contribution >= 4 is 23.4 Å². The highest BCUT2D eigenvalue weighted by Crippen LogP contribution is 2.20. The number of furan rings is 1. The van der Waals surface area contributed by atoms with Crippen molar-refractivity contribution in [2.24, 2.45) is 0 Å². The zero-order valence-corrected chi connectivity index (χ0v) is 14.0. The molecule has 11 heteroatoms. The molecule has 27 heavy (non-hydrogen) atoms. The van der Waals surface area contributed by atoms with E-state index >= 15 is 0 Å². The lowest BCUT2D eigenvalue weighted by Gasteiger charge is -2.20. The number of hydrogen-bond donors (Lipinski definition) is 1. The molecule has 0 spiro atoms. The van der Waals surface area contributed by atoms with Gasteiger partial charge in [0.05, 0.1) is 11.8 Å². The molecule has 2 aromatic rings. The number of carbonyl (C=O) groups is 2. The van der Waals surface area contributed by atoms with Crippen molar-refractivity contribution in [3.63, 3.8) is 0 Å². The Hall–Kier alpha value is -3.37. The first-order valence-corrected chi connectivity index (χ1v) is 7.71. The van der Waals surface area contributed by atoms with Crippen molar-refractivity contribution in [3.8, 4) is 0 Å². The van der Waals surface area contributed by atoms with Gasteiger partial charge in [-0.25, -0.2) is 13.2 Å². The topological polar surface area (TPSA) is 106 Å². The summed E-state index contributed by atoms with van der Waals surface area (Å²) in [5, 5.41) is 12.7. The summed E-state index contributed by atoms with van der Waals surface area (Å²) in [5.41, 5.74) is -0.587. The Bertz CT molecular complexity index is 884. The van der Waals surface area contributed by atoms with Crippen LogP contribution >= 0.6 is 0 Å². The van der Waals surface area contributed by atoms with E-state index in [1.54, 1.807) is 6.92 Å². The van der Waals surface area contributed by atoms with Crippen LogP contribution in [0.1, 0.15) is 23.9 Å². The summed E-state index contributed by atoms with van der Waals surface area (Å²) in [5.74, 6) is -7.36. The molecule has 0 aliphatic carbocycles. The number of nitrogens with zero attached hydrogens (tertiary/aromatic N) is 2. The van der Waals surface area contributed by atoms with Gasteiger partial charge in [0.1, 0.15) is 11.5 Å². The van der Waals surface area contributed by atoms with Gasteiger partial charge in [-0.05, 0) is 24.6 Å². The summed E-state index contributed by atoms with van der Waals surface area (Å²) in [6.07, 6.45) is 0.446. The normalized spacial score (nSPS) is 10.5. The fourth-order valence-corrected chi connectivity index (χ4v) is 2.20. The molecular formula is C16H14F3N3O5. The monoisotopic (exact) mass is 385 g/mol.